The van der Waals surface area contributed by atoms with E-state index in [-0.39, 0.29) is 11.8 Å². The van der Waals surface area contributed by atoms with Crippen molar-refractivity contribution in [3.05, 3.63) is 18.5 Å². The summed E-state index contributed by atoms with van der Waals surface area (Å²) in [5.74, 6) is 0.161. The molecule has 0 bridgehead atoms. The molecule has 9 heteroatoms. The number of hydrogen-bond acceptors (Lipinski definition) is 5. The third-order valence-electron chi connectivity index (χ3n) is 5.16. The molecule has 25 heavy (non-hydrogen) atoms. The van der Waals surface area contributed by atoms with Gasteiger partial charge in [-0.05, 0) is 18.9 Å². The van der Waals surface area contributed by atoms with Crippen LogP contribution in [0.25, 0.3) is 0 Å². The molecule has 140 valence electrons. The van der Waals surface area contributed by atoms with E-state index in [1.807, 2.05) is 21.8 Å². The standard InChI is InChI=1S/C16H27N5O3S/c1-25(23,24)21-7-3-15(4-8-21)16(22)19-12-9-18(10-13-19)11-14-20-6-2-5-17-20/h2,5-6,15H,3-4,7-14H2,1H3. The highest BCUT2D eigenvalue weighted by Crippen LogP contribution is 2.22. The number of carbonyl (C=O) groups excluding carboxylic acids is 1. The third kappa shape index (κ3) is 4.80. The Kier molecular flexibility index (Phi) is 5.75. The van der Waals surface area contributed by atoms with E-state index in [4.69, 9.17) is 0 Å². The number of hydrogen-bond donors (Lipinski definition) is 0. The maximum atomic E-state index is 12.7. The highest BCUT2D eigenvalue weighted by Gasteiger charge is 2.32. The summed E-state index contributed by atoms with van der Waals surface area (Å²) in [6.45, 7) is 6.00. The molecule has 3 rings (SSSR count). The van der Waals surface area contributed by atoms with Gasteiger partial charge in [0.05, 0.1) is 12.8 Å². The Labute approximate surface area is 149 Å². The molecule has 2 fully saturated rings. The van der Waals surface area contributed by atoms with Gasteiger partial charge in [0.2, 0.25) is 15.9 Å². The van der Waals surface area contributed by atoms with Crippen molar-refractivity contribution in [1.29, 1.82) is 0 Å². The van der Waals surface area contributed by atoms with Gasteiger partial charge in [0, 0.05) is 64.1 Å². The average Bonchev–Trinajstić information content (AvgIpc) is 3.13. The van der Waals surface area contributed by atoms with Crippen LogP contribution in [0.4, 0.5) is 0 Å². The van der Waals surface area contributed by atoms with E-state index in [2.05, 4.69) is 10.00 Å². The Balaban J connectivity index is 1.41. The van der Waals surface area contributed by atoms with Crippen molar-refractivity contribution in [2.24, 2.45) is 5.92 Å². The van der Waals surface area contributed by atoms with Crippen LogP contribution in [0, 0.1) is 5.92 Å². The zero-order valence-electron chi connectivity index (χ0n) is 14.7. The number of nitrogens with zero attached hydrogens (tertiary/aromatic N) is 5. The van der Waals surface area contributed by atoms with E-state index < -0.39 is 10.0 Å². The van der Waals surface area contributed by atoms with Gasteiger partial charge in [-0.15, -0.1) is 0 Å². The highest BCUT2D eigenvalue weighted by atomic mass is 32.2. The summed E-state index contributed by atoms with van der Waals surface area (Å²) in [5, 5.41) is 4.21. The predicted octanol–water partition coefficient (Wildman–Crippen LogP) is -0.301. The van der Waals surface area contributed by atoms with Crippen molar-refractivity contribution in [2.75, 3.05) is 52.1 Å². The molecule has 1 aromatic rings. The van der Waals surface area contributed by atoms with Crippen molar-refractivity contribution in [3.63, 3.8) is 0 Å². The minimum absolute atomic E-state index is 0.0337. The summed E-state index contributed by atoms with van der Waals surface area (Å²) in [6.07, 6.45) is 6.24. The van der Waals surface area contributed by atoms with E-state index in [1.165, 1.54) is 10.6 Å². The molecular formula is C16H27N5O3S. The van der Waals surface area contributed by atoms with Gasteiger partial charge in [-0.2, -0.15) is 5.10 Å². The number of carbonyl (C=O) groups is 1. The number of sulfonamides is 1. The molecule has 1 amide bonds. The summed E-state index contributed by atoms with van der Waals surface area (Å²) in [5.41, 5.74) is 0. The maximum Gasteiger partial charge on any atom is 0.225 e. The van der Waals surface area contributed by atoms with Crippen molar-refractivity contribution >= 4 is 15.9 Å². The van der Waals surface area contributed by atoms with Crippen LogP contribution < -0.4 is 0 Å². The van der Waals surface area contributed by atoms with Gasteiger partial charge in [0.1, 0.15) is 0 Å². The lowest BCUT2D eigenvalue weighted by Gasteiger charge is -2.38. The Bertz CT molecular complexity index is 660. The lowest BCUT2D eigenvalue weighted by molar-refractivity contribution is -0.138. The van der Waals surface area contributed by atoms with E-state index in [9.17, 15) is 13.2 Å². The molecule has 0 aromatic carbocycles. The molecule has 0 N–H and O–H groups in total. The zero-order valence-corrected chi connectivity index (χ0v) is 15.6. The van der Waals surface area contributed by atoms with Gasteiger partial charge in [0.25, 0.3) is 0 Å². The molecule has 2 saturated heterocycles. The first-order chi connectivity index (χ1) is 11.9. The predicted molar refractivity (Wildman–Crippen MR) is 94.4 cm³/mol. The fourth-order valence-electron chi connectivity index (χ4n) is 3.56. The van der Waals surface area contributed by atoms with Crippen LogP contribution in [-0.2, 0) is 21.4 Å². The first-order valence-electron chi connectivity index (χ1n) is 8.87. The van der Waals surface area contributed by atoms with Crippen LogP contribution in [0.5, 0.6) is 0 Å². The Morgan fingerprint density at radius 1 is 1.08 bits per heavy atom. The summed E-state index contributed by atoms with van der Waals surface area (Å²) >= 11 is 0. The molecule has 3 heterocycles. The minimum Gasteiger partial charge on any atom is -0.340 e. The van der Waals surface area contributed by atoms with Crippen LogP contribution in [0.2, 0.25) is 0 Å². The summed E-state index contributed by atoms with van der Waals surface area (Å²) in [6, 6.07) is 1.92. The fraction of sp³-hybridized carbons (Fsp3) is 0.750. The van der Waals surface area contributed by atoms with Crippen molar-refractivity contribution < 1.29 is 13.2 Å². The second-order valence-electron chi connectivity index (χ2n) is 6.87. The normalized spacial score (nSPS) is 21.6. The molecule has 0 unspecified atom stereocenters. The molecule has 2 aliphatic rings. The van der Waals surface area contributed by atoms with E-state index in [0.29, 0.717) is 25.9 Å². The van der Waals surface area contributed by atoms with Gasteiger partial charge in [-0.25, -0.2) is 12.7 Å². The largest absolute Gasteiger partial charge is 0.340 e. The number of piperidine rings is 1. The smallest absolute Gasteiger partial charge is 0.225 e. The second-order valence-corrected chi connectivity index (χ2v) is 8.85. The van der Waals surface area contributed by atoms with Gasteiger partial charge in [-0.1, -0.05) is 0 Å². The quantitative estimate of drug-likeness (QED) is 0.712. The second kappa shape index (κ2) is 7.84. The maximum absolute atomic E-state index is 12.7. The highest BCUT2D eigenvalue weighted by molar-refractivity contribution is 7.88. The average molecular weight is 369 g/mol. The lowest BCUT2D eigenvalue weighted by Crippen LogP contribution is -2.52. The first-order valence-corrected chi connectivity index (χ1v) is 10.7. The van der Waals surface area contributed by atoms with Gasteiger partial charge < -0.3 is 4.90 Å². The lowest BCUT2D eigenvalue weighted by atomic mass is 9.96. The topological polar surface area (TPSA) is 78.8 Å². The van der Waals surface area contributed by atoms with Gasteiger partial charge in [0.15, 0.2) is 0 Å². The van der Waals surface area contributed by atoms with Crippen molar-refractivity contribution in [2.45, 2.75) is 19.4 Å². The van der Waals surface area contributed by atoms with E-state index in [1.54, 1.807) is 6.20 Å². The Hall–Kier alpha value is -1.45. The summed E-state index contributed by atoms with van der Waals surface area (Å²) < 4.78 is 26.5. The van der Waals surface area contributed by atoms with Crippen LogP contribution >= 0.6 is 0 Å². The molecule has 0 spiro atoms. The molecular weight excluding hydrogens is 342 g/mol. The molecule has 0 radical (unpaired) electrons. The minimum atomic E-state index is -3.14. The molecule has 0 aliphatic carbocycles. The van der Waals surface area contributed by atoms with Gasteiger partial charge in [-0.3, -0.25) is 14.4 Å². The summed E-state index contributed by atoms with van der Waals surface area (Å²) in [7, 11) is -3.14. The number of aromatic nitrogens is 2. The number of amides is 1. The molecule has 0 atom stereocenters. The van der Waals surface area contributed by atoms with Crippen molar-refractivity contribution in [3.8, 4) is 0 Å². The van der Waals surface area contributed by atoms with Crippen LogP contribution in [-0.4, -0.2) is 90.3 Å². The van der Waals surface area contributed by atoms with Crippen LogP contribution in [0.15, 0.2) is 18.5 Å². The fourth-order valence-corrected chi connectivity index (χ4v) is 4.44. The zero-order chi connectivity index (χ0) is 17.9. The molecule has 8 nitrogen and oxygen atoms in total. The van der Waals surface area contributed by atoms with Crippen LogP contribution in [0.3, 0.4) is 0 Å². The molecule has 2 aliphatic heterocycles. The molecule has 1 aromatic heterocycles. The SMILES string of the molecule is CS(=O)(=O)N1CCC(C(=O)N2CCN(CCn3cccn3)CC2)CC1. The number of rotatable bonds is 5. The van der Waals surface area contributed by atoms with E-state index >= 15 is 0 Å². The Morgan fingerprint density at radius 2 is 1.76 bits per heavy atom. The monoisotopic (exact) mass is 369 g/mol. The number of piperazine rings is 1. The first kappa shape index (κ1) is 18.3. The van der Waals surface area contributed by atoms with Gasteiger partial charge >= 0.3 is 0 Å². The third-order valence-corrected chi connectivity index (χ3v) is 6.46. The molecule has 0 saturated carbocycles. The Morgan fingerprint density at radius 3 is 2.32 bits per heavy atom. The van der Waals surface area contributed by atoms with E-state index in [0.717, 1.165) is 39.3 Å². The van der Waals surface area contributed by atoms with Crippen molar-refractivity contribution in [1.82, 2.24) is 23.9 Å². The van der Waals surface area contributed by atoms with Crippen LogP contribution in [0.1, 0.15) is 12.8 Å². The summed E-state index contributed by atoms with van der Waals surface area (Å²) in [4.78, 5) is 17.0.